The molecule has 0 fully saturated rings. The summed E-state index contributed by atoms with van der Waals surface area (Å²) in [7, 11) is 0. The van der Waals surface area contributed by atoms with E-state index in [-0.39, 0.29) is 23.2 Å². The molecule has 0 saturated carbocycles. The van der Waals surface area contributed by atoms with E-state index < -0.39 is 0 Å². The molecule has 0 bridgehead atoms. The molecular formula is C18H21N3O3. The Kier molecular flexibility index (Phi) is 6.31. The molecule has 0 unspecified atom stereocenters. The lowest BCUT2D eigenvalue weighted by atomic mass is 10.2. The third-order valence-electron chi connectivity index (χ3n) is 3.17. The Balaban J connectivity index is 2.05. The molecule has 0 radical (unpaired) electrons. The Labute approximate surface area is 141 Å². The van der Waals surface area contributed by atoms with Gasteiger partial charge in [0.25, 0.3) is 11.8 Å². The van der Waals surface area contributed by atoms with Crippen LogP contribution in [-0.4, -0.2) is 29.9 Å². The summed E-state index contributed by atoms with van der Waals surface area (Å²) in [5, 5.41) is 5.48. The summed E-state index contributed by atoms with van der Waals surface area (Å²) in [4.78, 5) is 28.3. The summed E-state index contributed by atoms with van der Waals surface area (Å²) in [6, 6.07) is 11.9. The summed E-state index contributed by atoms with van der Waals surface area (Å²) in [5.41, 5.74) is 1.04. The normalized spacial score (nSPS) is 10.1. The van der Waals surface area contributed by atoms with Crippen LogP contribution in [0.3, 0.4) is 0 Å². The molecule has 0 aliphatic carbocycles. The lowest BCUT2D eigenvalue weighted by molar-refractivity contribution is 0.0948. The summed E-state index contributed by atoms with van der Waals surface area (Å²) >= 11 is 0. The van der Waals surface area contributed by atoms with Gasteiger partial charge in [0.1, 0.15) is 17.1 Å². The second kappa shape index (κ2) is 8.67. The Morgan fingerprint density at radius 2 is 1.67 bits per heavy atom. The van der Waals surface area contributed by atoms with Gasteiger partial charge in [0.2, 0.25) is 0 Å². The number of carbonyl (C=O) groups excluding carboxylic acids is 2. The third kappa shape index (κ3) is 4.81. The van der Waals surface area contributed by atoms with Crippen LogP contribution in [0.2, 0.25) is 0 Å². The van der Waals surface area contributed by atoms with Crippen molar-refractivity contribution in [3.8, 4) is 5.75 Å². The zero-order valence-corrected chi connectivity index (χ0v) is 13.8. The SMILES string of the molecule is CCCNC(=O)c1cccc(C(=O)Nc2ccc(OCC)cc2)n1. The van der Waals surface area contributed by atoms with Crippen molar-refractivity contribution in [3.63, 3.8) is 0 Å². The monoisotopic (exact) mass is 327 g/mol. The Morgan fingerprint density at radius 1 is 1.00 bits per heavy atom. The topological polar surface area (TPSA) is 80.3 Å². The molecule has 2 N–H and O–H groups in total. The number of aromatic nitrogens is 1. The Bertz CT molecular complexity index is 699. The first-order valence-electron chi connectivity index (χ1n) is 7.93. The predicted molar refractivity (Wildman–Crippen MR) is 92.4 cm³/mol. The van der Waals surface area contributed by atoms with E-state index in [0.717, 1.165) is 12.2 Å². The average Bonchev–Trinajstić information content (AvgIpc) is 2.61. The number of hydrogen-bond donors (Lipinski definition) is 2. The number of anilines is 1. The van der Waals surface area contributed by atoms with Crippen molar-refractivity contribution in [2.45, 2.75) is 20.3 Å². The molecule has 126 valence electrons. The molecule has 6 nitrogen and oxygen atoms in total. The maximum Gasteiger partial charge on any atom is 0.274 e. The summed E-state index contributed by atoms with van der Waals surface area (Å²) < 4.78 is 5.36. The third-order valence-corrected chi connectivity index (χ3v) is 3.17. The number of rotatable bonds is 7. The highest BCUT2D eigenvalue weighted by Gasteiger charge is 2.12. The smallest absolute Gasteiger partial charge is 0.274 e. The van der Waals surface area contributed by atoms with Gasteiger partial charge in [-0.1, -0.05) is 13.0 Å². The maximum atomic E-state index is 12.3. The van der Waals surface area contributed by atoms with Crippen molar-refractivity contribution in [1.82, 2.24) is 10.3 Å². The number of carbonyl (C=O) groups is 2. The van der Waals surface area contributed by atoms with Gasteiger partial charge in [-0.25, -0.2) is 4.98 Å². The molecular weight excluding hydrogens is 306 g/mol. The van der Waals surface area contributed by atoms with Crippen LogP contribution in [-0.2, 0) is 0 Å². The highest BCUT2D eigenvalue weighted by Crippen LogP contribution is 2.16. The van der Waals surface area contributed by atoms with Crippen molar-refractivity contribution >= 4 is 17.5 Å². The fraction of sp³-hybridized carbons (Fsp3) is 0.278. The number of pyridine rings is 1. The minimum absolute atomic E-state index is 0.188. The molecule has 6 heteroatoms. The lowest BCUT2D eigenvalue weighted by Crippen LogP contribution is -2.26. The minimum Gasteiger partial charge on any atom is -0.494 e. The average molecular weight is 327 g/mol. The van der Waals surface area contributed by atoms with Gasteiger partial charge in [-0.2, -0.15) is 0 Å². The van der Waals surface area contributed by atoms with E-state index in [1.165, 1.54) is 0 Å². The second-order valence-electron chi connectivity index (χ2n) is 5.08. The first-order valence-corrected chi connectivity index (χ1v) is 7.93. The molecule has 2 amide bonds. The van der Waals surface area contributed by atoms with Gasteiger partial charge in [-0.05, 0) is 49.7 Å². The Hall–Kier alpha value is -2.89. The van der Waals surface area contributed by atoms with E-state index in [9.17, 15) is 9.59 Å². The first-order chi connectivity index (χ1) is 11.6. The van der Waals surface area contributed by atoms with Crippen LogP contribution in [0.25, 0.3) is 0 Å². The quantitative estimate of drug-likeness (QED) is 0.819. The number of amides is 2. The lowest BCUT2D eigenvalue weighted by Gasteiger charge is -2.08. The van der Waals surface area contributed by atoms with E-state index in [0.29, 0.717) is 18.8 Å². The van der Waals surface area contributed by atoms with Crippen LogP contribution < -0.4 is 15.4 Å². The molecule has 2 rings (SSSR count). The standard InChI is InChI=1S/C18H21N3O3/c1-3-12-19-17(22)15-6-5-7-16(21-15)18(23)20-13-8-10-14(11-9-13)24-4-2/h5-11H,3-4,12H2,1-2H3,(H,19,22)(H,20,23). The second-order valence-corrected chi connectivity index (χ2v) is 5.08. The van der Waals surface area contributed by atoms with Crippen molar-refractivity contribution in [3.05, 3.63) is 53.9 Å². The molecule has 0 spiro atoms. The van der Waals surface area contributed by atoms with Gasteiger partial charge < -0.3 is 15.4 Å². The fourth-order valence-corrected chi connectivity index (χ4v) is 2.01. The van der Waals surface area contributed by atoms with E-state index in [2.05, 4.69) is 15.6 Å². The molecule has 0 saturated heterocycles. The van der Waals surface area contributed by atoms with Gasteiger partial charge >= 0.3 is 0 Å². The van der Waals surface area contributed by atoms with Crippen molar-refractivity contribution < 1.29 is 14.3 Å². The highest BCUT2D eigenvalue weighted by molar-refractivity contribution is 6.03. The van der Waals surface area contributed by atoms with E-state index in [1.54, 1.807) is 42.5 Å². The summed E-state index contributed by atoms with van der Waals surface area (Å²) in [5.74, 6) is 0.0834. The van der Waals surface area contributed by atoms with Gasteiger partial charge in [0, 0.05) is 12.2 Å². The predicted octanol–water partition coefficient (Wildman–Crippen LogP) is 2.87. The molecule has 2 aromatic rings. The van der Waals surface area contributed by atoms with Crippen LogP contribution in [0.15, 0.2) is 42.5 Å². The molecule has 0 atom stereocenters. The summed E-state index contributed by atoms with van der Waals surface area (Å²) in [6.07, 6.45) is 0.837. The molecule has 24 heavy (non-hydrogen) atoms. The van der Waals surface area contributed by atoms with Crippen LogP contribution in [0, 0.1) is 0 Å². The van der Waals surface area contributed by atoms with E-state index in [4.69, 9.17) is 4.74 Å². The molecule has 0 aliphatic rings. The molecule has 1 heterocycles. The van der Waals surface area contributed by atoms with E-state index >= 15 is 0 Å². The van der Waals surface area contributed by atoms with Crippen molar-refractivity contribution in [1.29, 1.82) is 0 Å². The molecule has 1 aromatic carbocycles. The van der Waals surface area contributed by atoms with E-state index in [1.807, 2.05) is 13.8 Å². The van der Waals surface area contributed by atoms with Crippen LogP contribution in [0.1, 0.15) is 41.2 Å². The number of nitrogens with zero attached hydrogens (tertiary/aromatic N) is 1. The number of benzene rings is 1. The number of hydrogen-bond acceptors (Lipinski definition) is 4. The van der Waals surface area contributed by atoms with Gasteiger partial charge in [0.15, 0.2) is 0 Å². The zero-order chi connectivity index (χ0) is 17.4. The maximum absolute atomic E-state index is 12.3. The summed E-state index contributed by atoms with van der Waals surface area (Å²) in [6.45, 7) is 5.03. The largest absolute Gasteiger partial charge is 0.494 e. The Morgan fingerprint density at radius 3 is 2.29 bits per heavy atom. The van der Waals surface area contributed by atoms with Crippen LogP contribution in [0.5, 0.6) is 5.75 Å². The fourth-order valence-electron chi connectivity index (χ4n) is 2.01. The number of ether oxygens (including phenoxy) is 1. The minimum atomic E-state index is -0.371. The number of nitrogens with one attached hydrogen (secondary N) is 2. The van der Waals surface area contributed by atoms with Gasteiger partial charge in [0.05, 0.1) is 6.61 Å². The molecule has 0 aliphatic heterocycles. The molecule has 1 aromatic heterocycles. The van der Waals surface area contributed by atoms with Crippen LogP contribution >= 0.6 is 0 Å². The zero-order valence-electron chi connectivity index (χ0n) is 13.8. The van der Waals surface area contributed by atoms with Gasteiger partial charge in [-0.15, -0.1) is 0 Å². The van der Waals surface area contributed by atoms with Crippen molar-refractivity contribution in [2.75, 3.05) is 18.5 Å². The van der Waals surface area contributed by atoms with Gasteiger partial charge in [-0.3, -0.25) is 9.59 Å². The first kappa shape index (κ1) is 17.5. The van der Waals surface area contributed by atoms with Crippen molar-refractivity contribution in [2.24, 2.45) is 0 Å². The van der Waals surface area contributed by atoms with Crippen LogP contribution in [0.4, 0.5) is 5.69 Å². The highest BCUT2D eigenvalue weighted by atomic mass is 16.5.